The van der Waals surface area contributed by atoms with Gasteiger partial charge >= 0.3 is 0 Å². The first kappa shape index (κ1) is 12.0. The maximum atomic E-state index is 3.66. The van der Waals surface area contributed by atoms with Gasteiger partial charge in [-0.3, -0.25) is 4.90 Å². The van der Waals surface area contributed by atoms with Crippen LogP contribution in [0, 0.1) is 5.41 Å². The second-order valence-electron chi connectivity index (χ2n) is 5.67. The summed E-state index contributed by atoms with van der Waals surface area (Å²) in [5.74, 6) is 0. The van der Waals surface area contributed by atoms with Gasteiger partial charge in [-0.1, -0.05) is 27.7 Å². The van der Waals surface area contributed by atoms with Crippen LogP contribution in [0.15, 0.2) is 0 Å². The SMILES string of the molecule is CCCN1CC(C(C)(C)C)NCC1C. The zero-order valence-corrected chi connectivity index (χ0v) is 10.4. The van der Waals surface area contributed by atoms with E-state index in [0.29, 0.717) is 17.5 Å². The summed E-state index contributed by atoms with van der Waals surface area (Å²) in [7, 11) is 0. The summed E-state index contributed by atoms with van der Waals surface area (Å²) in [5.41, 5.74) is 0.381. The van der Waals surface area contributed by atoms with Crippen molar-refractivity contribution in [3.63, 3.8) is 0 Å². The molecule has 0 aromatic heterocycles. The van der Waals surface area contributed by atoms with E-state index >= 15 is 0 Å². The van der Waals surface area contributed by atoms with Crippen molar-refractivity contribution in [1.82, 2.24) is 10.2 Å². The van der Waals surface area contributed by atoms with E-state index in [1.54, 1.807) is 0 Å². The molecule has 1 heterocycles. The predicted octanol–water partition coefficient (Wildman–Crippen LogP) is 2.10. The van der Waals surface area contributed by atoms with Gasteiger partial charge in [-0.05, 0) is 25.3 Å². The highest BCUT2D eigenvalue weighted by Gasteiger charge is 2.31. The predicted molar refractivity (Wildman–Crippen MR) is 62.6 cm³/mol. The largest absolute Gasteiger partial charge is 0.311 e. The lowest BCUT2D eigenvalue weighted by atomic mass is 9.85. The topological polar surface area (TPSA) is 15.3 Å². The molecule has 2 heteroatoms. The van der Waals surface area contributed by atoms with Gasteiger partial charge in [0.15, 0.2) is 0 Å². The molecule has 0 aromatic carbocycles. The fourth-order valence-electron chi connectivity index (χ4n) is 2.10. The molecule has 1 aliphatic rings. The van der Waals surface area contributed by atoms with Crippen LogP contribution in [-0.2, 0) is 0 Å². The number of hydrogen-bond acceptors (Lipinski definition) is 2. The zero-order chi connectivity index (χ0) is 10.8. The molecular formula is C12H26N2. The van der Waals surface area contributed by atoms with Crippen LogP contribution in [0.5, 0.6) is 0 Å². The molecule has 2 atom stereocenters. The average Bonchev–Trinajstić information content (AvgIpc) is 2.07. The highest BCUT2D eigenvalue weighted by Crippen LogP contribution is 2.23. The molecule has 0 spiro atoms. The molecule has 0 saturated carbocycles. The molecule has 2 nitrogen and oxygen atoms in total. The molecule has 1 saturated heterocycles. The highest BCUT2D eigenvalue weighted by atomic mass is 15.2. The molecular weight excluding hydrogens is 172 g/mol. The van der Waals surface area contributed by atoms with Crippen molar-refractivity contribution >= 4 is 0 Å². The average molecular weight is 198 g/mol. The van der Waals surface area contributed by atoms with Gasteiger partial charge in [0.2, 0.25) is 0 Å². The second kappa shape index (κ2) is 4.63. The van der Waals surface area contributed by atoms with Crippen LogP contribution in [0.3, 0.4) is 0 Å². The third-order valence-corrected chi connectivity index (χ3v) is 3.26. The minimum atomic E-state index is 0.381. The molecule has 0 aromatic rings. The Bertz CT molecular complexity index is 172. The number of piperazine rings is 1. The molecule has 2 unspecified atom stereocenters. The molecule has 0 amide bonds. The van der Waals surface area contributed by atoms with Crippen LogP contribution in [0.4, 0.5) is 0 Å². The minimum Gasteiger partial charge on any atom is -0.311 e. The van der Waals surface area contributed by atoms with Crippen molar-refractivity contribution in [1.29, 1.82) is 0 Å². The quantitative estimate of drug-likeness (QED) is 0.731. The van der Waals surface area contributed by atoms with Gasteiger partial charge < -0.3 is 5.32 Å². The van der Waals surface area contributed by atoms with E-state index in [2.05, 4.69) is 44.8 Å². The van der Waals surface area contributed by atoms with E-state index < -0.39 is 0 Å². The van der Waals surface area contributed by atoms with Gasteiger partial charge in [0, 0.05) is 25.2 Å². The Balaban J connectivity index is 2.53. The Labute approximate surface area is 89.1 Å². The first-order valence-corrected chi connectivity index (χ1v) is 5.92. The fraction of sp³-hybridized carbons (Fsp3) is 1.00. The van der Waals surface area contributed by atoms with Gasteiger partial charge in [-0.2, -0.15) is 0 Å². The first-order chi connectivity index (χ1) is 6.45. The van der Waals surface area contributed by atoms with Crippen LogP contribution in [0.2, 0.25) is 0 Å². The molecule has 1 aliphatic heterocycles. The first-order valence-electron chi connectivity index (χ1n) is 5.92. The van der Waals surface area contributed by atoms with Gasteiger partial charge in [-0.25, -0.2) is 0 Å². The van der Waals surface area contributed by atoms with Crippen LogP contribution in [0.1, 0.15) is 41.0 Å². The molecule has 0 aliphatic carbocycles. The highest BCUT2D eigenvalue weighted by molar-refractivity contribution is 4.90. The Morgan fingerprint density at radius 2 is 2.00 bits per heavy atom. The van der Waals surface area contributed by atoms with Crippen LogP contribution in [0.25, 0.3) is 0 Å². The fourth-order valence-corrected chi connectivity index (χ4v) is 2.10. The van der Waals surface area contributed by atoms with Gasteiger partial charge in [-0.15, -0.1) is 0 Å². The zero-order valence-electron chi connectivity index (χ0n) is 10.4. The monoisotopic (exact) mass is 198 g/mol. The summed E-state index contributed by atoms with van der Waals surface area (Å²) >= 11 is 0. The summed E-state index contributed by atoms with van der Waals surface area (Å²) in [6, 6.07) is 1.35. The van der Waals surface area contributed by atoms with Crippen LogP contribution in [-0.4, -0.2) is 36.6 Å². The van der Waals surface area contributed by atoms with Crippen molar-refractivity contribution < 1.29 is 0 Å². The number of nitrogens with zero attached hydrogens (tertiary/aromatic N) is 1. The molecule has 0 bridgehead atoms. The molecule has 84 valence electrons. The van der Waals surface area contributed by atoms with Crippen molar-refractivity contribution in [3.8, 4) is 0 Å². The summed E-state index contributed by atoms with van der Waals surface area (Å²) in [5, 5.41) is 3.66. The maximum absolute atomic E-state index is 3.66. The summed E-state index contributed by atoms with van der Waals surface area (Å²) in [4.78, 5) is 2.62. The Kier molecular flexibility index (Phi) is 3.96. The van der Waals surface area contributed by atoms with E-state index in [1.807, 2.05) is 0 Å². The van der Waals surface area contributed by atoms with Crippen LogP contribution >= 0.6 is 0 Å². The van der Waals surface area contributed by atoms with E-state index in [9.17, 15) is 0 Å². The van der Waals surface area contributed by atoms with E-state index in [1.165, 1.54) is 19.5 Å². The molecule has 14 heavy (non-hydrogen) atoms. The number of rotatable bonds is 2. The lowest BCUT2D eigenvalue weighted by molar-refractivity contribution is 0.0939. The molecule has 1 N–H and O–H groups in total. The summed E-state index contributed by atoms with van der Waals surface area (Å²) in [6.07, 6.45) is 1.27. The normalized spacial score (nSPS) is 30.6. The van der Waals surface area contributed by atoms with E-state index in [-0.39, 0.29) is 0 Å². The Morgan fingerprint density at radius 1 is 1.36 bits per heavy atom. The Hall–Kier alpha value is -0.0800. The third kappa shape index (κ3) is 2.96. The number of hydrogen-bond donors (Lipinski definition) is 1. The van der Waals surface area contributed by atoms with Crippen molar-refractivity contribution in [2.24, 2.45) is 5.41 Å². The third-order valence-electron chi connectivity index (χ3n) is 3.26. The van der Waals surface area contributed by atoms with Crippen molar-refractivity contribution in [2.75, 3.05) is 19.6 Å². The van der Waals surface area contributed by atoms with E-state index in [0.717, 1.165) is 6.54 Å². The maximum Gasteiger partial charge on any atom is 0.0244 e. The molecule has 0 radical (unpaired) electrons. The smallest absolute Gasteiger partial charge is 0.0244 e. The lowest BCUT2D eigenvalue weighted by Crippen LogP contribution is -2.59. The number of nitrogens with one attached hydrogen (secondary N) is 1. The van der Waals surface area contributed by atoms with Gasteiger partial charge in [0.25, 0.3) is 0 Å². The van der Waals surface area contributed by atoms with Gasteiger partial charge in [0.05, 0.1) is 0 Å². The van der Waals surface area contributed by atoms with Crippen LogP contribution < -0.4 is 5.32 Å². The van der Waals surface area contributed by atoms with Crippen molar-refractivity contribution in [2.45, 2.75) is 53.1 Å². The Morgan fingerprint density at radius 3 is 2.50 bits per heavy atom. The van der Waals surface area contributed by atoms with Crippen molar-refractivity contribution in [3.05, 3.63) is 0 Å². The summed E-state index contributed by atoms with van der Waals surface area (Å²) in [6.45, 7) is 15.2. The molecule has 1 rings (SSSR count). The lowest BCUT2D eigenvalue weighted by Gasteiger charge is -2.44. The second-order valence-corrected chi connectivity index (χ2v) is 5.67. The minimum absolute atomic E-state index is 0.381. The van der Waals surface area contributed by atoms with Gasteiger partial charge in [0.1, 0.15) is 0 Å². The summed E-state index contributed by atoms with van der Waals surface area (Å²) < 4.78 is 0. The molecule has 1 fully saturated rings. The van der Waals surface area contributed by atoms with E-state index in [4.69, 9.17) is 0 Å². The standard InChI is InChI=1S/C12H26N2/c1-6-7-14-9-11(12(3,4)5)13-8-10(14)2/h10-11,13H,6-9H2,1-5H3.